The molecule has 2 N–H and O–H groups in total. The third kappa shape index (κ3) is 6.76. The zero-order valence-electron chi connectivity index (χ0n) is 22.0. The van der Waals surface area contributed by atoms with Crippen LogP contribution in [-0.2, 0) is 9.53 Å². The lowest BCUT2D eigenvalue weighted by Gasteiger charge is -2.25. The van der Waals surface area contributed by atoms with Crippen molar-refractivity contribution in [3.8, 4) is 6.07 Å². The van der Waals surface area contributed by atoms with Crippen LogP contribution >= 0.6 is 11.8 Å². The molecule has 0 aromatic heterocycles. The lowest BCUT2D eigenvalue weighted by Crippen LogP contribution is -2.41. The van der Waals surface area contributed by atoms with E-state index in [9.17, 15) is 14.9 Å². The van der Waals surface area contributed by atoms with Crippen molar-refractivity contribution in [1.29, 1.82) is 5.26 Å². The number of nitrogens with one attached hydrogen (secondary N) is 2. The summed E-state index contributed by atoms with van der Waals surface area (Å²) in [5.41, 5.74) is 1.01. The fraction of sp³-hybridized carbons (Fsp3) is 0.630. The van der Waals surface area contributed by atoms with E-state index < -0.39 is 5.92 Å². The predicted molar refractivity (Wildman–Crippen MR) is 147 cm³/mol. The molecule has 0 aliphatic carbocycles. The van der Waals surface area contributed by atoms with E-state index in [-0.39, 0.29) is 28.0 Å². The summed E-state index contributed by atoms with van der Waals surface area (Å²) in [6, 6.07) is 9.67. The molecule has 3 unspecified atom stereocenters. The van der Waals surface area contributed by atoms with Gasteiger partial charge in [0.15, 0.2) is 5.92 Å². The van der Waals surface area contributed by atoms with Crippen LogP contribution in [0.5, 0.6) is 0 Å². The molecule has 3 aliphatic heterocycles. The van der Waals surface area contributed by atoms with Crippen molar-refractivity contribution in [2.45, 2.75) is 56.2 Å². The Labute approximate surface area is 224 Å². The van der Waals surface area contributed by atoms with E-state index in [1.54, 1.807) is 11.0 Å². The van der Waals surface area contributed by atoms with E-state index in [0.29, 0.717) is 37.7 Å². The molecule has 2 amide bonds. The minimum Gasteiger partial charge on any atom is -0.477 e. The number of rotatable bonds is 11. The number of nitrogens with zero attached hydrogens (tertiary/aromatic N) is 4. The number of amides is 2. The Bertz CT molecular complexity index is 1050. The Morgan fingerprint density at radius 2 is 2.14 bits per heavy atom. The Morgan fingerprint density at radius 3 is 2.81 bits per heavy atom. The fourth-order valence-electron chi connectivity index (χ4n) is 4.95. The van der Waals surface area contributed by atoms with Gasteiger partial charge in [0, 0.05) is 30.9 Å². The van der Waals surface area contributed by atoms with Crippen molar-refractivity contribution in [2.24, 2.45) is 10.9 Å². The number of likely N-dealkylation sites (tertiary alicyclic amines) is 1. The molecule has 3 heterocycles. The quantitative estimate of drug-likeness (QED) is 0.427. The van der Waals surface area contributed by atoms with Crippen LogP contribution in [-0.4, -0.2) is 89.6 Å². The van der Waals surface area contributed by atoms with Gasteiger partial charge in [-0.1, -0.05) is 6.07 Å². The van der Waals surface area contributed by atoms with Crippen molar-refractivity contribution in [3.05, 3.63) is 29.8 Å². The molecule has 0 saturated carbocycles. The molecule has 0 bridgehead atoms. The summed E-state index contributed by atoms with van der Waals surface area (Å²) in [4.78, 5) is 34.6. The Hall–Kier alpha value is -2.77. The van der Waals surface area contributed by atoms with Gasteiger partial charge in [0.05, 0.1) is 11.6 Å². The number of hydrogen-bond acceptors (Lipinski definition) is 8. The third-order valence-electron chi connectivity index (χ3n) is 6.94. The Kier molecular flexibility index (Phi) is 8.98. The zero-order chi connectivity index (χ0) is 26.4. The lowest BCUT2D eigenvalue weighted by atomic mass is 10.1. The number of anilines is 1. The van der Waals surface area contributed by atoms with Crippen LogP contribution in [0.25, 0.3) is 0 Å². The summed E-state index contributed by atoms with van der Waals surface area (Å²) >= 11 is 1.47. The molecule has 2 fully saturated rings. The first kappa shape index (κ1) is 27.3. The number of benzene rings is 1. The highest BCUT2D eigenvalue weighted by Crippen LogP contribution is 2.38. The van der Waals surface area contributed by atoms with Crippen molar-refractivity contribution in [3.63, 3.8) is 0 Å². The topological polar surface area (TPSA) is 110 Å². The van der Waals surface area contributed by atoms with E-state index in [1.165, 1.54) is 24.6 Å². The molecule has 4 rings (SSSR count). The maximum atomic E-state index is 13.2. The van der Waals surface area contributed by atoms with Gasteiger partial charge in [0.25, 0.3) is 5.91 Å². The van der Waals surface area contributed by atoms with Crippen LogP contribution in [0.1, 0.15) is 50.4 Å². The number of hydrogen-bond donors (Lipinski definition) is 2. The molecule has 2 saturated heterocycles. The monoisotopic (exact) mass is 526 g/mol. The van der Waals surface area contributed by atoms with E-state index in [2.05, 4.69) is 26.6 Å². The van der Waals surface area contributed by atoms with Gasteiger partial charge in [-0.15, -0.1) is 11.8 Å². The second-order valence-corrected chi connectivity index (χ2v) is 11.7. The number of carbonyl (C=O) groups excluding carboxylic acids is 2. The van der Waals surface area contributed by atoms with Gasteiger partial charge in [-0.05, 0) is 77.9 Å². The molecular formula is C27H38N6O3S. The SMILES string of the molecule is CCN1C(=O)C(CNc2cccc(C(=O)NCCCN3CCCC3)c2)SC1C(C#N)C1=NC(C)(C)CO1. The van der Waals surface area contributed by atoms with Crippen molar-refractivity contribution < 1.29 is 14.3 Å². The van der Waals surface area contributed by atoms with Gasteiger partial charge in [0.1, 0.15) is 17.2 Å². The minimum atomic E-state index is -0.613. The summed E-state index contributed by atoms with van der Waals surface area (Å²) in [6.07, 6.45) is 3.49. The van der Waals surface area contributed by atoms with E-state index in [4.69, 9.17) is 4.74 Å². The molecule has 0 radical (unpaired) electrons. The van der Waals surface area contributed by atoms with Crippen LogP contribution in [0.15, 0.2) is 29.3 Å². The molecule has 37 heavy (non-hydrogen) atoms. The first-order valence-electron chi connectivity index (χ1n) is 13.2. The molecule has 200 valence electrons. The highest BCUT2D eigenvalue weighted by Gasteiger charge is 2.47. The average Bonchev–Trinajstić information content (AvgIpc) is 3.61. The first-order chi connectivity index (χ1) is 17.8. The van der Waals surface area contributed by atoms with Crippen molar-refractivity contribution >= 4 is 35.2 Å². The lowest BCUT2D eigenvalue weighted by molar-refractivity contribution is -0.129. The zero-order valence-corrected chi connectivity index (χ0v) is 22.9. The smallest absolute Gasteiger partial charge is 0.251 e. The normalized spacial score (nSPS) is 23.9. The number of nitriles is 1. The maximum absolute atomic E-state index is 13.2. The summed E-state index contributed by atoms with van der Waals surface area (Å²) in [7, 11) is 0. The first-order valence-corrected chi connectivity index (χ1v) is 14.2. The summed E-state index contributed by atoms with van der Waals surface area (Å²) < 4.78 is 5.74. The third-order valence-corrected chi connectivity index (χ3v) is 8.44. The molecule has 9 nitrogen and oxygen atoms in total. The molecule has 1 aromatic carbocycles. The van der Waals surface area contributed by atoms with Gasteiger partial charge in [-0.3, -0.25) is 9.59 Å². The van der Waals surface area contributed by atoms with Gasteiger partial charge < -0.3 is 25.2 Å². The summed E-state index contributed by atoms with van der Waals surface area (Å²) in [5.74, 6) is -0.289. The molecular weight excluding hydrogens is 488 g/mol. The van der Waals surface area contributed by atoms with Crippen LogP contribution in [0.2, 0.25) is 0 Å². The molecule has 0 spiro atoms. The van der Waals surface area contributed by atoms with Gasteiger partial charge in [-0.25, -0.2) is 4.99 Å². The highest BCUT2D eigenvalue weighted by atomic mass is 32.2. The van der Waals surface area contributed by atoms with Crippen LogP contribution in [0, 0.1) is 17.2 Å². The summed E-state index contributed by atoms with van der Waals surface area (Å²) in [5, 5.41) is 15.5. The largest absolute Gasteiger partial charge is 0.477 e. The number of carbonyl (C=O) groups is 2. The van der Waals surface area contributed by atoms with Crippen LogP contribution < -0.4 is 10.6 Å². The van der Waals surface area contributed by atoms with E-state index in [1.807, 2.05) is 39.0 Å². The molecule has 10 heteroatoms. The predicted octanol–water partition coefficient (Wildman–Crippen LogP) is 2.95. The van der Waals surface area contributed by atoms with E-state index >= 15 is 0 Å². The second-order valence-electron chi connectivity index (χ2n) is 10.4. The highest BCUT2D eigenvalue weighted by molar-refractivity contribution is 8.01. The molecule has 3 aliphatic rings. The average molecular weight is 527 g/mol. The second kappa shape index (κ2) is 12.2. The number of aliphatic imine (C=N–C) groups is 1. The summed E-state index contributed by atoms with van der Waals surface area (Å²) in [6.45, 7) is 11.2. The fourth-order valence-corrected chi connectivity index (χ4v) is 6.45. The number of ether oxygens (including phenoxy) is 1. The van der Waals surface area contributed by atoms with Gasteiger partial charge >= 0.3 is 0 Å². The van der Waals surface area contributed by atoms with E-state index in [0.717, 1.165) is 31.7 Å². The maximum Gasteiger partial charge on any atom is 0.251 e. The van der Waals surface area contributed by atoms with Crippen molar-refractivity contribution in [1.82, 2.24) is 15.1 Å². The van der Waals surface area contributed by atoms with Crippen LogP contribution in [0.3, 0.4) is 0 Å². The molecule has 1 aromatic rings. The van der Waals surface area contributed by atoms with Gasteiger partial charge in [0.2, 0.25) is 11.8 Å². The Balaban J connectivity index is 1.31. The van der Waals surface area contributed by atoms with Crippen molar-refractivity contribution in [2.75, 3.05) is 51.2 Å². The minimum absolute atomic E-state index is 0.00462. The molecule has 3 atom stereocenters. The van der Waals surface area contributed by atoms with Crippen LogP contribution in [0.4, 0.5) is 5.69 Å². The number of thioether (sulfide) groups is 1. The van der Waals surface area contributed by atoms with Gasteiger partial charge in [-0.2, -0.15) is 5.26 Å². The standard InChI is InChI=1S/C27H38N6O3S/c1-4-33-25(35)22(37-26(33)21(16-28)24-31-27(2,3)18-36-24)17-30-20-10-7-9-19(15-20)23(34)29-11-8-14-32-12-5-6-13-32/h7,9-10,15,21-22,26,30H,4-6,8,11-14,17-18H2,1-3H3,(H,29,34). The Morgan fingerprint density at radius 1 is 1.35 bits per heavy atom.